The molecule has 1 aromatic rings. The molecule has 4 rings (SSSR count). The average Bonchev–Trinajstić information content (AvgIpc) is 2.73. The van der Waals surface area contributed by atoms with E-state index in [1.165, 1.54) is 30.0 Å². The van der Waals surface area contributed by atoms with Gasteiger partial charge in [0.2, 0.25) is 15.9 Å². The van der Waals surface area contributed by atoms with Crippen LogP contribution in [0.15, 0.2) is 29.2 Å². The van der Waals surface area contributed by atoms with Crippen LogP contribution in [0, 0.1) is 11.8 Å². The zero-order valence-electron chi connectivity index (χ0n) is 16.2. The Morgan fingerprint density at radius 2 is 1.61 bits per heavy atom. The van der Waals surface area contributed by atoms with Crippen molar-refractivity contribution in [3.63, 3.8) is 0 Å². The number of carbonyl (C=O) groups is 1. The molecule has 7 heteroatoms. The summed E-state index contributed by atoms with van der Waals surface area (Å²) in [5.41, 5.74) is 0. The Morgan fingerprint density at radius 1 is 0.929 bits per heavy atom. The molecule has 3 fully saturated rings. The van der Waals surface area contributed by atoms with Gasteiger partial charge in [0.05, 0.1) is 10.8 Å². The molecule has 2 saturated heterocycles. The Hall–Kier alpha value is -1.11. The minimum atomic E-state index is -3.60. The first-order chi connectivity index (χ1) is 13.5. The molecule has 3 atom stereocenters. The van der Waals surface area contributed by atoms with Crippen molar-refractivity contribution in [1.29, 1.82) is 0 Å². The number of hydrogen-bond acceptors (Lipinski definition) is 3. The number of fused-ring (bicyclic) bond motifs is 1. The summed E-state index contributed by atoms with van der Waals surface area (Å²) < 4.78 is 27.5. The highest BCUT2D eigenvalue weighted by Gasteiger charge is 2.40. The molecular formula is C21H29ClN2O3S. The first-order valence-electron chi connectivity index (χ1n) is 10.5. The number of hydrogen-bond donors (Lipinski definition) is 0. The van der Waals surface area contributed by atoms with Gasteiger partial charge in [0.1, 0.15) is 0 Å². The fraction of sp³-hybridized carbons (Fsp3) is 0.667. The summed E-state index contributed by atoms with van der Waals surface area (Å²) in [5.74, 6) is 0.591. The second-order valence-corrected chi connectivity index (χ2v) is 10.8. The van der Waals surface area contributed by atoms with Crippen molar-refractivity contribution in [1.82, 2.24) is 9.21 Å². The number of halogens is 1. The van der Waals surface area contributed by atoms with Crippen molar-refractivity contribution < 1.29 is 13.2 Å². The van der Waals surface area contributed by atoms with Gasteiger partial charge in [-0.1, -0.05) is 24.4 Å². The highest BCUT2D eigenvalue weighted by Crippen LogP contribution is 2.37. The summed E-state index contributed by atoms with van der Waals surface area (Å²) in [6, 6.07) is 6.65. The largest absolute Gasteiger partial charge is 0.339 e. The smallest absolute Gasteiger partial charge is 0.243 e. The van der Waals surface area contributed by atoms with Gasteiger partial charge in [-0.2, -0.15) is 4.31 Å². The Balaban J connectivity index is 1.48. The van der Waals surface area contributed by atoms with Crippen LogP contribution in [0.4, 0.5) is 0 Å². The molecule has 0 aromatic heterocycles. The van der Waals surface area contributed by atoms with Gasteiger partial charge >= 0.3 is 0 Å². The number of amides is 1. The van der Waals surface area contributed by atoms with Crippen LogP contribution >= 0.6 is 11.6 Å². The van der Waals surface area contributed by atoms with Gasteiger partial charge in [-0.15, -0.1) is 0 Å². The lowest BCUT2D eigenvalue weighted by atomic mass is 9.77. The number of piperidine rings is 2. The van der Waals surface area contributed by atoms with Crippen LogP contribution in [0.3, 0.4) is 0 Å². The summed E-state index contributed by atoms with van der Waals surface area (Å²) in [5, 5.41) is 0.512. The lowest BCUT2D eigenvalue weighted by molar-refractivity contribution is -0.143. The number of sulfonamides is 1. The normalized spacial score (nSPS) is 29.3. The van der Waals surface area contributed by atoms with Gasteiger partial charge < -0.3 is 4.90 Å². The van der Waals surface area contributed by atoms with E-state index in [4.69, 9.17) is 11.6 Å². The molecule has 1 aliphatic carbocycles. The predicted molar refractivity (Wildman–Crippen MR) is 110 cm³/mol. The van der Waals surface area contributed by atoms with Gasteiger partial charge in [-0.05, 0) is 68.7 Å². The molecule has 2 heterocycles. The molecule has 1 aromatic carbocycles. The van der Waals surface area contributed by atoms with Crippen molar-refractivity contribution in [3.05, 3.63) is 29.3 Å². The number of rotatable bonds is 3. The molecule has 5 nitrogen and oxygen atoms in total. The van der Waals surface area contributed by atoms with E-state index < -0.39 is 10.0 Å². The van der Waals surface area contributed by atoms with E-state index in [0.717, 1.165) is 32.2 Å². The minimum Gasteiger partial charge on any atom is -0.339 e. The van der Waals surface area contributed by atoms with E-state index in [1.807, 2.05) is 0 Å². The van der Waals surface area contributed by atoms with Gasteiger partial charge in [-0.3, -0.25) is 4.79 Å². The molecule has 0 N–H and O–H groups in total. The van der Waals surface area contributed by atoms with Crippen molar-refractivity contribution in [3.8, 4) is 0 Å². The zero-order valence-corrected chi connectivity index (χ0v) is 17.8. The quantitative estimate of drug-likeness (QED) is 0.738. The van der Waals surface area contributed by atoms with Crippen LogP contribution < -0.4 is 0 Å². The third-order valence-corrected chi connectivity index (χ3v) is 8.84. The fourth-order valence-electron chi connectivity index (χ4n) is 5.25. The number of nitrogens with zero attached hydrogens (tertiary/aromatic N) is 2. The van der Waals surface area contributed by atoms with Crippen molar-refractivity contribution in [2.24, 2.45) is 11.8 Å². The van der Waals surface area contributed by atoms with Crippen LogP contribution in [-0.2, 0) is 14.8 Å². The maximum atomic E-state index is 13.3. The lowest BCUT2D eigenvalue weighted by Crippen LogP contribution is -2.54. The summed E-state index contributed by atoms with van der Waals surface area (Å²) in [7, 11) is -3.60. The monoisotopic (exact) mass is 424 g/mol. The van der Waals surface area contributed by atoms with E-state index >= 15 is 0 Å². The van der Waals surface area contributed by atoms with Crippen LogP contribution in [0.5, 0.6) is 0 Å². The average molecular weight is 425 g/mol. The van der Waals surface area contributed by atoms with Crippen molar-refractivity contribution in [2.75, 3.05) is 19.6 Å². The first kappa shape index (κ1) is 20.2. The molecule has 0 unspecified atom stereocenters. The van der Waals surface area contributed by atoms with Gasteiger partial charge in [0.15, 0.2) is 0 Å². The molecule has 28 heavy (non-hydrogen) atoms. The van der Waals surface area contributed by atoms with Crippen LogP contribution in [0.1, 0.15) is 51.4 Å². The van der Waals surface area contributed by atoms with Gasteiger partial charge in [0, 0.05) is 30.7 Å². The third-order valence-electron chi connectivity index (χ3n) is 6.71. The van der Waals surface area contributed by atoms with Crippen molar-refractivity contribution in [2.45, 2.75) is 62.3 Å². The fourth-order valence-corrected chi connectivity index (χ4v) is 6.90. The molecule has 1 saturated carbocycles. The number of benzene rings is 1. The van der Waals surface area contributed by atoms with E-state index in [-0.39, 0.29) is 23.3 Å². The molecule has 1 amide bonds. The Labute approximate surface area is 173 Å². The molecule has 0 radical (unpaired) electrons. The predicted octanol–water partition coefficient (Wildman–Crippen LogP) is 3.92. The maximum Gasteiger partial charge on any atom is 0.243 e. The van der Waals surface area contributed by atoms with Crippen LogP contribution in [0.2, 0.25) is 5.02 Å². The SMILES string of the molecule is O=C([C@@H]1CCCN(S(=O)(=O)c2ccc(Cl)cc2)C1)N1CCC[C@@H]2CCCC[C@H]21. The van der Waals surface area contributed by atoms with E-state index in [0.29, 0.717) is 23.5 Å². The zero-order chi connectivity index (χ0) is 19.7. The summed E-state index contributed by atoms with van der Waals surface area (Å²) in [6.07, 6.45) is 8.63. The molecule has 0 bridgehead atoms. The first-order valence-corrected chi connectivity index (χ1v) is 12.3. The highest BCUT2D eigenvalue weighted by molar-refractivity contribution is 7.89. The standard InChI is InChI=1S/C21H29ClN2O3S/c22-18-9-11-19(12-10-18)28(26,27)23-13-3-7-17(15-23)21(25)24-14-4-6-16-5-1-2-8-20(16)24/h9-12,16-17,20H,1-8,13-15H2/t16-,17+,20+/m0/s1. The molecule has 2 aliphatic heterocycles. The topological polar surface area (TPSA) is 57.7 Å². The van der Waals surface area contributed by atoms with Gasteiger partial charge in [0.25, 0.3) is 0 Å². The lowest BCUT2D eigenvalue weighted by Gasteiger charge is -2.46. The number of likely N-dealkylation sites (tertiary alicyclic amines) is 1. The molecule has 154 valence electrons. The van der Waals surface area contributed by atoms with E-state index in [2.05, 4.69) is 4.90 Å². The summed E-state index contributed by atoms with van der Waals surface area (Å²) in [4.78, 5) is 15.7. The van der Waals surface area contributed by atoms with E-state index in [9.17, 15) is 13.2 Å². The Morgan fingerprint density at radius 3 is 2.39 bits per heavy atom. The number of carbonyl (C=O) groups excluding carboxylic acids is 1. The van der Waals surface area contributed by atoms with Crippen LogP contribution in [0.25, 0.3) is 0 Å². The molecule has 0 spiro atoms. The van der Waals surface area contributed by atoms with E-state index in [1.54, 1.807) is 24.3 Å². The van der Waals surface area contributed by atoms with Gasteiger partial charge in [-0.25, -0.2) is 8.42 Å². The Kier molecular flexibility index (Phi) is 6.00. The minimum absolute atomic E-state index is 0.174. The molecular weight excluding hydrogens is 396 g/mol. The highest BCUT2D eigenvalue weighted by atomic mass is 35.5. The molecule has 3 aliphatic rings. The third kappa shape index (κ3) is 3.96. The second kappa shape index (κ2) is 8.33. The second-order valence-electron chi connectivity index (χ2n) is 8.44. The Bertz CT molecular complexity index is 809. The van der Waals surface area contributed by atoms with Crippen LogP contribution in [-0.4, -0.2) is 49.2 Å². The summed E-state index contributed by atoms with van der Waals surface area (Å²) >= 11 is 5.90. The maximum absolute atomic E-state index is 13.3. The summed E-state index contributed by atoms with van der Waals surface area (Å²) in [6.45, 7) is 1.60. The van der Waals surface area contributed by atoms with Crippen molar-refractivity contribution >= 4 is 27.5 Å².